The predicted octanol–water partition coefficient (Wildman–Crippen LogP) is 5.38. The molecule has 158 valence electrons. The largest absolute Gasteiger partial charge is 0.490 e. The first kappa shape index (κ1) is 22.2. The summed E-state index contributed by atoms with van der Waals surface area (Å²) in [4.78, 5) is 0. The zero-order valence-corrected chi connectivity index (χ0v) is 18.0. The van der Waals surface area contributed by atoms with Crippen molar-refractivity contribution in [1.82, 2.24) is 0 Å². The van der Waals surface area contributed by atoms with Gasteiger partial charge in [0.15, 0.2) is 0 Å². The van der Waals surface area contributed by atoms with Gasteiger partial charge in [0.25, 0.3) is 0 Å². The maximum absolute atomic E-state index is 9.00. The summed E-state index contributed by atoms with van der Waals surface area (Å²) in [6.07, 6.45) is 6.76. The fraction of sp³-hybridized carbons (Fsp3) is 0.478. The highest BCUT2D eigenvalue weighted by molar-refractivity contribution is 6.32. The minimum atomic E-state index is -0.172. The number of rotatable bonds is 8. The lowest BCUT2D eigenvalue weighted by Crippen LogP contribution is -2.27. The van der Waals surface area contributed by atoms with Crippen LogP contribution in [0.2, 0.25) is 10.0 Å². The van der Waals surface area contributed by atoms with Crippen molar-refractivity contribution in [3.8, 4) is 11.5 Å². The molecule has 2 N–H and O–H groups in total. The van der Waals surface area contributed by atoms with Crippen molar-refractivity contribution >= 4 is 23.2 Å². The Morgan fingerprint density at radius 1 is 0.724 bits per heavy atom. The van der Waals surface area contributed by atoms with Crippen LogP contribution in [0.5, 0.6) is 11.5 Å². The van der Waals surface area contributed by atoms with Gasteiger partial charge >= 0.3 is 0 Å². The van der Waals surface area contributed by atoms with Crippen LogP contribution in [0.1, 0.15) is 49.7 Å². The molecule has 2 aromatic carbocycles. The summed E-state index contributed by atoms with van der Waals surface area (Å²) >= 11 is 13.0. The van der Waals surface area contributed by atoms with Crippen LogP contribution >= 0.6 is 23.2 Å². The molecule has 0 unspecified atom stereocenters. The van der Waals surface area contributed by atoms with E-state index in [4.69, 9.17) is 42.9 Å². The third-order valence-electron chi connectivity index (χ3n) is 5.62. The summed E-state index contributed by atoms with van der Waals surface area (Å²) in [6, 6.07) is 11.9. The third kappa shape index (κ3) is 5.18. The van der Waals surface area contributed by atoms with Gasteiger partial charge in [0, 0.05) is 5.41 Å². The van der Waals surface area contributed by atoms with E-state index < -0.39 is 0 Å². The number of halogens is 2. The molecule has 0 atom stereocenters. The Bertz CT molecular complexity index is 742. The van der Waals surface area contributed by atoms with Crippen molar-refractivity contribution in [2.75, 3.05) is 26.4 Å². The Morgan fingerprint density at radius 2 is 1.17 bits per heavy atom. The molecule has 1 saturated carbocycles. The molecule has 1 aliphatic carbocycles. The molecule has 0 bridgehead atoms. The molecule has 6 heteroatoms. The lowest BCUT2D eigenvalue weighted by Gasteiger charge is -2.35. The quantitative estimate of drug-likeness (QED) is 0.543. The molecule has 0 amide bonds. The topological polar surface area (TPSA) is 58.9 Å². The first-order valence-corrected chi connectivity index (χ1v) is 10.9. The van der Waals surface area contributed by atoms with Crippen molar-refractivity contribution in [1.29, 1.82) is 0 Å². The van der Waals surface area contributed by atoms with E-state index in [1.54, 1.807) is 0 Å². The van der Waals surface area contributed by atoms with Crippen molar-refractivity contribution in [3.63, 3.8) is 0 Å². The fourth-order valence-electron chi connectivity index (χ4n) is 4.22. The molecule has 29 heavy (non-hydrogen) atoms. The van der Waals surface area contributed by atoms with Crippen LogP contribution < -0.4 is 9.47 Å². The molecular weight excluding hydrogens is 411 g/mol. The molecule has 3 rings (SSSR count). The number of hydrogen-bond acceptors (Lipinski definition) is 4. The molecule has 0 aliphatic heterocycles. The van der Waals surface area contributed by atoms with Gasteiger partial charge in [0.05, 0.1) is 23.3 Å². The number of ether oxygens (including phenoxy) is 2. The molecule has 4 nitrogen and oxygen atoms in total. The van der Waals surface area contributed by atoms with Gasteiger partial charge in [-0.25, -0.2) is 0 Å². The summed E-state index contributed by atoms with van der Waals surface area (Å²) in [6.45, 7) is 0.334. The standard InChI is InChI=1S/C23H28Cl2O4/c24-19-15-17(5-7-21(19)28-13-11-26)23(9-3-1-2-4-10-23)18-6-8-22(20(25)16-18)29-14-12-27/h5-8,15-16,26-27H,1-4,9-14H2. The number of aliphatic hydroxyl groups is 2. The Kier molecular flexibility index (Phi) is 8.07. The summed E-state index contributed by atoms with van der Waals surface area (Å²) < 4.78 is 11.0. The van der Waals surface area contributed by atoms with Crippen LogP contribution in [0, 0.1) is 0 Å². The summed E-state index contributed by atoms with van der Waals surface area (Å²) in [5.41, 5.74) is 2.14. The molecule has 0 spiro atoms. The van der Waals surface area contributed by atoms with Gasteiger partial charge in [-0.3, -0.25) is 0 Å². The van der Waals surface area contributed by atoms with Crippen LogP contribution in [-0.4, -0.2) is 36.6 Å². The Morgan fingerprint density at radius 3 is 1.55 bits per heavy atom. The molecule has 0 heterocycles. The van der Waals surface area contributed by atoms with E-state index in [-0.39, 0.29) is 31.8 Å². The summed E-state index contributed by atoms with van der Waals surface area (Å²) in [5.74, 6) is 1.16. The van der Waals surface area contributed by atoms with Crippen molar-refractivity contribution in [3.05, 3.63) is 57.6 Å². The first-order valence-electron chi connectivity index (χ1n) is 10.2. The molecule has 1 aliphatic rings. The van der Waals surface area contributed by atoms with Gasteiger partial charge in [0.2, 0.25) is 0 Å². The highest BCUT2D eigenvalue weighted by atomic mass is 35.5. The average molecular weight is 439 g/mol. The van der Waals surface area contributed by atoms with Gasteiger partial charge in [0.1, 0.15) is 24.7 Å². The van der Waals surface area contributed by atoms with Crippen LogP contribution in [0.4, 0.5) is 0 Å². The zero-order chi connectivity index (χ0) is 20.7. The second-order valence-corrected chi connectivity index (χ2v) is 8.25. The Balaban J connectivity index is 2.00. The normalized spacial score (nSPS) is 16.3. The van der Waals surface area contributed by atoms with E-state index in [0.29, 0.717) is 21.5 Å². The van der Waals surface area contributed by atoms with Crippen LogP contribution in [0.15, 0.2) is 36.4 Å². The first-order chi connectivity index (χ1) is 14.1. The van der Waals surface area contributed by atoms with Gasteiger partial charge < -0.3 is 19.7 Å². The highest BCUT2D eigenvalue weighted by Gasteiger charge is 2.35. The minimum Gasteiger partial charge on any atom is -0.490 e. The van der Waals surface area contributed by atoms with Crippen molar-refractivity contribution in [2.24, 2.45) is 0 Å². The van der Waals surface area contributed by atoms with E-state index >= 15 is 0 Å². The summed E-state index contributed by atoms with van der Waals surface area (Å²) in [5, 5.41) is 19.1. The predicted molar refractivity (Wildman–Crippen MR) is 117 cm³/mol. The Labute approximate surface area is 182 Å². The second kappa shape index (κ2) is 10.5. The van der Waals surface area contributed by atoms with Gasteiger partial charge in [-0.1, -0.05) is 61.0 Å². The second-order valence-electron chi connectivity index (χ2n) is 7.43. The van der Waals surface area contributed by atoms with Crippen LogP contribution in [-0.2, 0) is 5.41 Å². The minimum absolute atomic E-state index is 0.0504. The van der Waals surface area contributed by atoms with E-state index in [1.807, 2.05) is 24.3 Å². The van der Waals surface area contributed by atoms with Crippen molar-refractivity contribution < 1.29 is 19.7 Å². The third-order valence-corrected chi connectivity index (χ3v) is 6.21. The number of aliphatic hydroxyl groups excluding tert-OH is 2. The lowest BCUT2D eigenvalue weighted by atomic mass is 9.69. The van der Waals surface area contributed by atoms with Crippen LogP contribution in [0.3, 0.4) is 0 Å². The number of hydrogen-bond donors (Lipinski definition) is 2. The van der Waals surface area contributed by atoms with E-state index in [2.05, 4.69) is 12.1 Å². The number of benzene rings is 2. The zero-order valence-electron chi connectivity index (χ0n) is 16.5. The fourth-order valence-corrected chi connectivity index (χ4v) is 4.69. The molecule has 2 aromatic rings. The van der Waals surface area contributed by atoms with Gasteiger partial charge in [-0.15, -0.1) is 0 Å². The maximum Gasteiger partial charge on any atom is 0.138 e. The smallest absolute Gasteiger partial charge is 0.138 e. The lowest BCUT2D eigenvalue weighted by molar-refractivity contribution is 0.201. The SMILES string of the molecule is OCCOc1ccc(C2(c3ccc(OCCO)c(Cl)c3)CCCCCC2)cc1Cl. The van der Waals surface area contributed by atoms with Gasteiger partial charge in [-0.2, -0.15) is 0 Å². The van der Waals surface area contributed by atoms with E-state index in [9.17, 15) is 0 Å². The molecule has 0 radical (unpaired) electrons. The van der Waals surface area contributed by atoms with Crippen molar-refractivity contribution in [2.45, 2.75) is 43.9 Å². The highest BCUT2D eigenvalue weighted by Crippen LogP contribution is 2.46. The Hall–Kier alpha value is -1.46. The van der Waals surface area contributed by atoms with E-state index in [0.717, 1.165) is 36.8 Å². The average Bonchev–Trinajstić information content (AvgIpc) is 2.99. The maximum atomic E-state index is 9.00. The monoisotopic (exact) mass is 438 g/mol. The molecule has 1 fully saturated rings. The molecule has 0 aromatic heterocycles. The summed E-state index contributed by atoms with van der Waals surface area (Å²) in [7, 11) is 0. The molecule has 0 saturated heterocycles. The van der Waals surface area contributed by atoms with E-state index in [1.165, 1.54) is 12.8 Å². The molecular formula is C23H28Cl2O4. The van der Waals surface area contributed by atoms with Crippen LogP contribution in [0.25, 0.3) is 0 Å². The van der Waals surface area contributed by atoms with Gasteiger partial charge in [-0.05, 0) is 48.2 Å².